The molecule has 3 rings (SSSR count). The van der Waals surface area contributed by atoms with Crippen LogP contribution < -0.4 is 9.62 Å². The summed E-state index contributed by atoms with van der Waals surface area (Å²) in [6.07, 6.45) is 0. The van der Waals surface area contributed by atoms with E-state index in [1.165, 1.54) is 11.9 Å². The summed E-state index contributed by atoms with van der Waals surface area (Å²) in [6.45, 7) is 3.25. The number of aromatic nitrogens is 1. The van der Waals surface area contributed by atoms with Crippen LogP contribution in [0.3, 0.4) is 0 Å². The van der Waals surface area contributed by atoms with E-state index < -0.39 is 5.97 Å². The fraction of sp³-hybridized carbons (Fsp3) is 0.286. The number of hydrogen-bond acceptors (Lipinski definition) is 7. The first-order chi connectivity index (χ1) is 10.7. The van der Waals surface area contributed by atoms with E-state index in [9.17, 15) is 4.79 Å². The summed E-state index contributed by atoms with van der Waals surface area (Å²) in [5, 5.41) is 12.8. The molecule has 8 heteroatoms. The molecule has 0 spiro atoms. The molecule has 0 saturated carbocycles. The van der Waals surface area contributed by atoms with Crippen LogP contribution in [-0.4, -0.2) is 42.4 Å². The molecule has 1 aromatic carbocycles. The average molecular weight is 337 g/mol. The lowest BCUT2D eigenvalue weighted by Crippen LogP contribution is -2.36. The maximum Gasteiger partial charge on any atom is 0.335 e. The molecule has 0 aliphatic carbocycles. The maximum atomic E-state index is 10.8. The van der Waals surface area contributed by atoms with Gasteiger partial charge in [0, 0.05) is 36.1 Å². The molecule has 0 radical (unpaired) electrons. The molecule has 0 unspecified atom stereocenters. The zero-order chi connectivity index (χ0) is 15.4. The van der Waals surface area contributed by atoms with Crippen LogP contribution in [0.15, 0.2) is 34.7 Å². The van der Waals surface area contributed by atoms with Gasteiger partial charge in [0.05, 0.1) is 18.8 Å². The highest BCUT2D eigenvalue weighted by atomic mass is 32.2. The SMILES string of the molecule is O=C(O)c1ccc(NSc2csc(N3CCOCC3)n2)cc1. The van der Waals surface area contributed by atoms with Gasteiger partial charge in [0.15, 0.2) is 5.13 Å². The van der Waals surface area contributed by atoms with Crippen LogP contribution in [0.1, 0.15) is 10.4 Å². The number of ether oxygens (including phenoxy) is 1. The molecule has 6 nitrogen and oxygen atoms in total. The van der Waals surface area contributed by atoms with Crippen LogP contribution in [0.25, 0.3) is 0 Å². The van der Waals surface area contributed by atoms with Crippen molar-refractivity contribution in [2.75, 3.05) is 35.9 Å². The number of carboxylic acid groups (broad SMARTS) is 1. The van der Waals surface area contributed by atoms with E-state index in [1.807, 2.05) is 5.38 Å². The highest BCUT2D eigenvalue weighted by Crippen LogP contribution is 2.28. The lowest BCUT2D eigenvalue weighted by Gasteiger charge is -2.25. The fourth-order valence-electron chi connectivity index (χ4n) is 1.99. The first kappa shape index (κ1) is 15.1. The molecule has 1 aromatic heterocycles. The predicted octanol–water partition coefficient (Wildman–Crippen LogP) is 2.80. The number of hydrogen-bond donors (Lipinski definition) is 2. The smallest absolute Gasteiger partial charge is 0.335 e. The van der Waals surface area contributed by atoms with Crippen LogP contribution in [-0.2, 0) is 4.74 Å². The van der Waals surface area contributed by atoms with Crippen molar-refractivity contribution in [3.8, 4) is 0 Å². The Morgan fingerprint density at radius 3 is 2.73 bits per heavy atom. The Morgan fingerprint density at radius 1 is 1.32 bits per heavy atom. The summed E-state index contributed by atoms with van der Waals surface area (Å²) in [6, 6.07) is 6.63. The molecule has 1 aliphatic heterocycles. The Hall–Kier alpha value is -1.77. The maximum absolute atomic E-state index is 10.8. The highest BCUT2D eigenvalue weighted by Gasteiger charge is 2.14. The van der Waals surface area contributed by atoms with Crippen LogP contribution >= 0.6 is 23.3 Å². The summed E-state index contributed by atoms with van der Waals surface area (Å²) in [4.78, 5) is 17.6. The van der Waals surface area contributed by atoms with Gasteiger partial charge in [0.1, 0.15) is 5.03 Å². The van der Waals surface area contributed by atoms with Crippen molar-refractivity contribution in [1.82, 2.24) is 4.98 Å². The Kier molecular flexibility index (Phi) is 4.81. The number of benzene rings is 1. The lowest BCUT2D eigenvalue weighted by atomic mass is 10.2. The van der Waals surface area contributed by atoms with E-state index in [0.29, 0.717) is 0 Å². The average Bonchev–Trinajstić information content (AvgIpc) is 3.03. The number of anilines is 2. The predicted molar refractivity (Wildman–Crippen MR) is 88.0 cm³/mol. The van der Waals surface area contributed by atoms with Gasteiger partial charge in [-0.15, -0.1) is 11.3 Å². The lowest BCUT2D eigenvalue weighted by molar-refractivity contribution is 0.0697. The van der Waals surface area contributed by atoms with Crippen molar-refractivity contribution < 1.29 is 14.6 Å². The van der Waals surface area contributed by atoms with E-state index in [4.69, 9.17) is 9.84 Å². The molecule has 22 heavy (non-hydrogen) atoms. The topological polar surface area (TPSA) is 74.7 Å². The minimum absolute atomic E-state index is 0.277. The van der Waals surface area contributed by atoms with Gasteiger partial charge in [-0.2, -0.15) is 0 Å². The molecular weight excluding hydrogens is 322 g/mol. The molecule has 1 saturated heterocycles. The van der Waals surface area contributed by atoms with Crippen LogP contribution in [0.4, 0.5) is 10.8 Å². The molecule has 0 amide bonds. The van der Waals surface area contributed by atoms with Gasteiger partial charge in [0.25, 0.3) is 0 Å². The van der Waals surface area contributed by atoms with Crippen molar-refractivity contribution in [2.45, 2.75) is 5.03 Å². The van der Waals surface area contributed by atoms with E-state index in [1.54, 1.807) is 35.6 Å². The van der Waals surface area contributed by atoms with Gasteiger partial charge in [0.2, 0.25) is 0 Å². The van der Waals surface area contributed by atoms with E-state index in [0.717, 1.165) is 42.1 Å². The number of morpholine rings is 1. The second-order valence-corrected chi connectivity index (χ2v) is 6.32. The van der Waals surface area contributed by atoms with E-state index in [-0.39, 0.29) is 5.56 Å². The Balaban J connectivity index is 1.57. The molecule has 2 aromatic rings. The fourth-order valence-corrected chi connectivity index (χ4v) is 3.62. The van der Waals surface area contributed by atoms with Crippen LogP contribution in [0, 0.1) is 0 Å². The van der Waals surface area contributed by atoms with Gasteiger partial charge in [-0.3, -0.25) is 0 Å². The second-order valence-electron chi connectivity index (χ2n) is 4.65. The third kappa shape index (κ3) is 3.70. The number of nitrogens with zero attached hydrogens (tertiary/aromatic N) is 2. The highest BCUT2D eigenvalue weighted by molar-refractivity contribution is 8.00. The number of thiazole rings is 1. The summed E-state index contributed by atoms with van der Waals surface area (Å²) >= 11 is 3.03. The minimum atomic E-state index is -0.922. The van der Waals surface area contributed by atoms with Crippen molar-refractivity contribution in [3.05, 3.63) is 35.2 Å². The number of aromatic carboxylic acids is 1. The van der Waals surface area contributed by atoms with E-state index >= 15 is 0 Å². The molecule has 0 atom stereocenters. The summed E-state index contributed by atoms with van der Waals surface area (Å²) < 4.78 is 8.50. The number of carbonyl (C=O) groups is 1. The molecule has 2 heterocycles. The second kappa shape index (κ2) is 6.99. The van der Waals surface area contributed by atoms with Crippen LogP contribution in [0.5, 0.6) is 0 Å². The summed E-state index contributed by atoms with van der Waals surface area (Å²) in [7, 11) is 0. The van der Waals surface area contributed by atoms with Gasteiger partial charge >= 0.3 is 5.97 Å². The number of nitrogens with one attached hydrogen (secondary N) is 1. The van der Waals surface area contributed by atoms with E-state index in [2.05, 4.69) is 14.6 Å². The quantitative estimate of drug-likeness (QED) is 0.813. The minimum Gasteiger partial charge on any atom is -0.478 e. The number of carboxylic acids is 1. The Labute approximate surface area is 136 Å². The monoisotopic (exact) mass is 337 g/mol. The van der Waals surface area contributed by atoms with Crippen molar-refractivity contribution >= 4 is 40.1 Å². The first-order valence-electron chi connectivity index (χ1n) is 6.77. The molecule has 116 valence electrons. The summed E-state index contributed by atoms with van der Waals surface area (Å²) in [5.41, 5.74) is 1.12. The third-order valence-electron chi connectivity index (χ3n) is 3.16. The zero-order valence-electron chi connectivity index (χ0n) is 11.7. The largest absolute Gasteiger partial charge is 0.478 e. The molecule has 2 N–H and O–H groups in total. The first-order valence-corrected chi connectivity index (χ1v) is 8.46. The Morgan fingerprint density at radius 2 is 2.05 bits per heavy atom. The van der Waals surface area contributed by atoms with Gasteiger partial charge in [-0.25, -0.2) is 9.78 Å². The molecule has 1 aliphatic rings. The molecule has 0 bridgehead atoms. The van der Waals surface area contributed by atoms with Crippen molar-refractivity contribution in [1.29, 1.82) is 0 Å². The molecular formula is C14H15N3O3S2. The van der Waals surface area contributed by atoms with Crippen molar-refractivity contribution in [2.24, 2.45) is 0 Å². The number of rotatable bonds is 5. The zero-order valence-corrected chi connectivity index (χ0v) is 13.3. The molecule has 1 fully saturated rings. The van der Waals surface area contributed by atoms with Gasteiger partial charge in [-0.1, -0.05) is 0 Å². The standard InChI is InChI=1S/C14H15N3O3S2/c18-13(19)10-1-3-11(4-2-10)16-22-12-9-21-14(15-12)17-5-7-20-8-6-17/h1-4,9,16H,5-8H2,(H,18,19). The summed E-state index contributed by atoms with van der Waals surface area (Å²) in [5.74, 6) is -0.922. The van der Waals surface area contributed by atoms with Crippen molar-refractivity contribution in [3.63, 3.8) is 0 Å². The van der Waals surface area contributed by atoms with Gasteiger partial charge in [-0.05, 0) is 24.3 Å². The van der Waals surface area contributed by atoms with Gasteiger partial charge < -0.3 is 19.5 Å². The third-order valence-corrected chi connectivity index (χ3v) is 4.96. The normalized spacial score (nSPS) is 14.8. The van der Waals surface area contributed by atoms with Crippen LogP contribution in [0.2, 0.25) is 0 Å². The Bertz CT molecular complexity index is 639.